The number of hydrogen-bond donors (Lipinski definition) is 1. The maximum atomic E-state index is 10.5. The van der Waals surface area contributed by atoms with Crippen LogP contribution in [0.15, 0.2) is 16.7 Å². The van der Waals surface area contributed by atoms with Crippen LogP contribution in [-0.2, 0) is 16.8 Å². The minimum absolute atomic E-state index is 0.382. The van der Waals surface area contributed by atoms with Gasteiger partial charge < -0.3 is 14.3 Å². The summed E-state index contributed by atoms with van der Waals surface area (Å²) in [6.07, 6.45) is 5.29. The fraction of sp³-hybridized carbons (Fsp3) is 0.667. The molecule has 1 N–H and O–H groups in total. The summed E-state index contributed by atoms with van der Waals surface area (Å²) in [5, 5.41) is 10.5. The van der Waals surface area contributed by atoms with Crippen molar-refractivity contribution in [2.75, 3.05) is 13.2 Å². The summed E-state index contributed by atoms with van der Waals surface area (Å²) in [5.74, 6) is 0.920. The normalized spacial score (nSPS) is 25.2. The zero-order valence-corrected chi connectivity index (χ0v) is 9.16. The molecule has 0 aromatic carbocycles. The fourth-order valence-electron chi connectivity index (χ4n) is 2.16. The Morgan fingerprint density at radius 2 is 2.47 bits per heavy atom. The molecule has 0 radical (unpaired) electrons. The molecule has 1 heterocycles. The highest BCUT2D eigenvalue weighted by Crippen LogP contribution is 2.36. The summed E-state index contributed by atoms with van der Waals surface area (Å²) in [4.78, 5) is 0. The van der Waals surface area contributed by atoms with E-state index in [2.05, 4.69) is 6.92 Å². The second-order valence-electron chi connectivity index (χ2n) is 4.20. The van der Waals surface area contributed by atoms with Gasteiger partial charge in [0.25, 0.3) is 0 Å². The Morgan fingerprint density at radius 1 is 1.60 bits per heavy atom. The lowest BCUT2D eigenvalue weighted by atomic mass is 9.83. The van der Waals surface area contributed by atoms with Crippen LogP contribution in [-0.4, -0.2) is 18.3 Å². The number of ether oxygens (including phenoxy) is 1. The maximum absolute atomic E-state index is 10.5. The highest BCUT2D eigenvalue weighted by Gasteiger charge is 2.36. The Hall–Kier alpha value is -0.800. The topological polar surface area (TPSA) is 42.6 Å². The van der Waals surface area contributed by atoms with Crippen molar-refractivity contribution in [3.05, 3.63) is 23.7 Å². The van der Waals surface area contributed by atoms with Crippen LogP contribution in [0.4, 0.5) is 0 Å². The minimum atomic E-state index is -0.824. The number of furan rings is 1. The van der Waals surface area contributed by atoms with Crippen LogP contribution >= 0.6 is 0 Å². The van der Waals surface area contributed by atoms with E-state index in [9.17, 15) is 5.11 Å². The van der Waals surface area contributed by atoms with Crippen LogP contribution in [0.1, 0.15) is 37.5 Å². The summed E-state index contributed by atoms with van der Waals surface area (Å²) in [6, 6.07) is 1.86. The van der Waals surface area contributed by atoms with E-state index in [1.165, 1.54) is 0 Å². The zero-order chi connectivity index (χ0) is 10.7. The van der Waals surface area contributed by atoms with Crippen molar-refractivity contribution < 1.29 is 14.3 Å². The van der Waals surface area contributed by atoms with Gasteiger partial charge in [0.1, 0.15) is 11.4 Å². The first-order valence-electron chi connectivity index (χ1n) is 5.63. The number of aliphatic hydroxyl groups is 1. The Labute approximate surface area is 90.0 Å². The molecule has 1 aliphatic carbocycles. The largest absolute Gasteiger partial charge is 0.469 e. The molecule has 1 aromatic rings. The molecule has 1 unspecified atom stereocenters. The summed E-state index contributed by atoms with van der Waals surface area (Å²) >= 11 is 0. The quantitative estimate of drug-likeness (QED) is 0.775. The van der Waals surface area contributed by atoms with E-state index in [1.54, 1.807) is 6.26 Å². The van der Waals surface area contributed by atoms with E-state index < -0.39 is 5.60 Å². The van der Waals surface area contributed by atoms with E-state index in [0.717, 1.165) is 37.0 Å². The van der Waals surface area contributed by atoms with E-state index in [1.807, 2.05) is 6.07 Å². The molecule has 0 saturated heterocycles. The molecular weight excluding hydrogens is 192 g/mol. The molecule has 0 spiro atoms. The smallest absolute Gasteiger partial charge is 0.116 e. The molecule has 1 aromatic heterocycles. The summed E-state index contributed by atoms with van der Waals surface area (Å²) < 4.78 is 10.8. The highest BCUT2D eigenvalue weighted by atomic mass is 16.5. The molecule has 15 heavy (non-hydrogen) atoms. The third-order valence-corrected chi connectivity index (χ3v) is 2.93. The Bertz CT molecular complexity index is 318. The van der Waals surface area contributed by atoms with Crippen molar-refractivity contribution in [1.29, 1.82) is 0 Å². The molecule has 3 nitrogen and oxygen atoms in total. The van der Waals surface area contributed by atoms with Gasteiger partial charge >= 0.3 is 0 Å². The van der Waals surface area contributed by atoms with Gasteiger partial charge in [0.15, 0.2) is 0 Å². The molecule has 84 valence electrons. The standard InChI is InChI=1S/C12H18O3/c1-2-7-14-9-12(13)6-3-4-11-10(12)5-8-15-11/h5,8,13H,2-4,6-7,9H2,1H3. The first-order valence-corrected chi connectivity index (χ1v) is 5.63. The van der Waals surface area contributed by atoms with Crippen LogP contribution in [0.2, 0.25) is 0 Å². The molecule has 0 saturated carbocycles. The number of rotatable bonds is 4. The Kier molecular flexibility index (Phi) is 3.12. The van der Waals surface area contributed by atoms with E-state index >= 15 is 0 Å². The molecule has 1 atom stereocenters. The van der Waals surface area contributed by atoms with Gasteiger partial charge in [-0.25, -0.2) is 0 Å². The van der Waals surface area contributed by atoms with Crippen LogP contribution in [0.25, 0.3) is 0 Å². The molecule has 0 aliphatic heterocycles. The molecule has 3 heteroatoms. The van der Waals surface area contributed by atoms with Gasteiger partial charge in [0.2, 0.25) is 0 Å². The lowest BCUT2D eigenvalue weighted by Crippen LogP contribution is -2.34. The Balaban J connectivity index is 2.09. The predicted octanol–water partition coefficient (Wildman–Crippen LogP) is 2.23. The average molecular weight is 210 g/mol. The van der Waals surface area contributed by atoms with Gasteiger partial charge in [-0.05, 0) is 25.3 Å². The van der Waals surface area contributed by atoms with Crippen molar-refractivity contribution in [2.45, 2.75) is 38.2 Å². The van der Waals surface area contributed by atoms with Crippen molar-refractivity contribution in [3.63, 3.8) is 0 Å². The first kappa shape index (κ1) is 10.7. The van der Waals surface area contributed by atoms with Gasteiger partial charge in [-0.3, -0.25) is 0 Å². The minimum Gasteiger partial charge on any atom is -0.469 e. The van der Waals surface area contributed by atoms with Gasteiger partial charge in [-0.2, -0.15) is 0 Å². The van der Waals surface area contributed by atoms with Crippen LogP contribution in [0.5, 0.6) is 0 Å². The van der Waals surface area contributed by atoms with Crippen LogP contribution < -0.4 is 0 Å². The van der Waals surface area contributed by atoms with Crippen LogP contribution in [0.3, 0.4) is 0 Å². The van der Waals surface area contributed by atoms with Gasteiger partial charge in [0, 0.05) is 18.6 Å². The van der Waals surface area contributed by atoms with Crippen molar-refractivity contribution in [1.82, 2.24) is 0 Å². The third-order valence-electron chi connectivity index (χ3n) is 2.93. The van der Waals surface area contributed by atoms with Gasteiger partial charge in [-0.15, -0.1) is 0 Å². The molecule has 0 amide bonds. The van der Waals surface area contributed by atoms with Crippen LogP contribution in [0, 0.1) is 0 Å². The van der Waals surface area contributed by atoms with E-state index in [0.29, 0.717) is 13.2 Å². The highest BCUT2D eigenvalue weighted by molar-refractivity contribution is 5.27. The molecular formula is C12H18O3. The first-order chi connectivity index (χ1) is 7.26. The fourth-order valence-corrected chi connectivity index (χ4v) is 2.16. The monoisotopic (exact) mass is 210 g/mol. The summed E-state index contributed by atoms with van der Waals surface area (Å²) in [6.45, 7) is 3.15. The Morgan fingerprint density at radius 3 is 3.27 bits per heavy atom. The summed E-state index contributed by atoms with van der Waals surface area (Å²) in [7, 11) is 0. The van der Waals surface area contributed by atoms with E-state index in [4.69, 9.17) is 9.15 Å². The second kappa shape index (κ2) is 4.37. The van der Waals surface area contributed by atoms with Gasteiger partial charge in [-0.1, -0.05) is 6.92 Å². The maximum Gasteiger partial charge on any atom is 0.116 e. The number of hydrogen-bond acceptors (Lipinski definition) is 3. The van der Waals surface area contributed by atoms with Crippen molar-refractivity contribution >= 4 is 0 Å². The van der Waals surface area contributed by atoms with E-state index in [-0.39, 0.29) is 0 Å². The van der Waals surface area contributed by atoms with Crippen molar-refractivity contribution in [2.24, 2.45) is 0 Å². The van der Waals surface area contributed by atoms with Crippen molar-refractivity contribution in [3.8, 4) is 0 Å². The molecule has 2 rings (SSSR count). The SMILES string of the molecule is CCCOCC1(O)CCCc2occc21. The number of aryl methyl sites for hydroxylation is 1. The average Bonchev–Trinajstić information content (AvgIpc) is 2.68. The zero-order valence-electron chi connectivity index (χ0n) is 9.16. The second-order valence-corrected chi connectivity index (χ2v) is 4.20. The number of fused-ring (bicyclic) bond motifs is 1. The lowest BCUT2D eigenvalue weighted by molar-refractivity contribution is -0.0628. The third kappa shape index (κ3) is 2.08. The molecule has 0 bridgehead atoms. The molecule has 0 fully saturated rings. The van der Waals surface area contributed by atoms with Gasteiger partial charge in [0.05, 0.1) is 12.9 Å². The lowest BCUT2D eigenvalue weighted by Gasteiger charge is -2.31. The predicted molar refractivity (Wildman–Crippen MR) is 56.7 cm³/mol. The summed E-state index contributed by atoms with van der Waals surface area (Å²) in [5.41, 5.74) is 0.0975. The molecule has 1 aliphatic rings.